The Morgan fingerprint density at radius 3 is 1.80 bits per heavy atom. The van der Waals surface area contributed by atoms with Gasteiger partial charge in [0.05, 0.1) is 5.84 Å². The normalized spacial score (nSPS) is 10.7. The van der Waals surface area contributed by atoms with Gasteiger partial charge >= 0.3 is 5.97 Å². The van der Waals surface area contributed by atoms with E-state index >= 15 is 0 Å². The van der Waals surface area contributed by atoms with Gasteiger partial charge in [-0.1, -0.05) is 0 Å². The highest BCUT2D eigenvalue weighted by atomic mass is 16.4. The number of hydrogen-bond donors (Lipinski definition) is 4. The molecule has 0 aromatic rings. The Bertz CT molecular complexity index is 118. The number of hydrogen-bond acceptors (Lipinski definition) is 3. The summed E-state index contributed by atoms with van der Waals surface area (Å²) >= 11 is 0. The van der Waals surface area contributed by atoms with Gasteiger partial charge in [-0.15, -0.1) is 0 Å². The first kappa shape index (κ1) is 11.7. The number of carbonyl (C=O) groups is 1. The van der Waals surface area contributed by atoms with Crippen LogP contribution in [0, 0.1) is 5.41 Å². The molecular formula is C5H12N2O3. The number of carboxylic acids is 1. The lowest BCUT2D eigenvalue weighted by Gasteiger charge is -1.89. The van der Waals surface area contributed by atoms with Crippen LogP contribution in [0.15, 0.2) is 0 Å². The van der Waals surface area contributed by atoms with Crippen molar-refractivity contribution in [3.05, 3.63) is 0 Å². The molecule has 5 heteroatoms. The quantitative estimate of drug-likeness (QED) is 0.294. The van der Waals surface area contributed by atoms with Crippen LogP contribution < -0.4 is 5.73 Å². The molecule has 5 nitrogen and oxygen atoms in total. The third-order valence-corrected chi connectivity index (χ3v) is 0.357. The van der Waals surface area contributed by atoms with E-state index in [-0.39, 0.29) is 5.84 Å². The second-order valence-electron chi connectivity index (χ2n) is 1.70. The summed E-state index contributed by atoms with van der Waals surface area (Å²) in [5.74, 6) is -1.02. The highest BCUT2D eigenvalue weighted by Gasteiger charge is 2.01. The molecule has 0 spiro atoms. The number of aliphatic hydroxyl groups is 1. The number of aliphatic hydroxyl groups excluding tert-OH is 1. The van der Waals surface area contributed by atoms with Gasteiger partial charge in [0.25, 0.3) is 0 Å². The van der Waals surface area contributed by atoms with E-state index in [9.17, 15) is 4.79 Å². The molecule has 0 saturated heterocycles. The summed E-state index contributed by atoms with van der Waals surface area (Å²) in [6, 6.07) is 0. The molecule has 0 radical (unpaired) electrons. The van der Waals surface area contributed by atoms with Crippen molar-refractivity contribution in [2.45, 2.75) is 20.0 Å². The number of aliphatic carboxylic acids is 1. The fourth-order valence-corrected chi connectivity index (χ4v) is 0. The number of amidine groups is 1. The minimum Gasteiger partial charge on any atom is -0.479 e. The molecule has 0 amide bonds. The van der Waals surface area contributed by atoms with E-state index in [1.807, 2.05) is 0 Å². The maximum atomic E-state index is 9.45. The van der Waals surface area contributed by atoms with Crippen molar-refractivity contribution in [3.8, 4) is 0 Å². The highest BCUT2D eigenvalue weighted by Crippen LogP contribution is 1.73. The van der Waals surface area contributed by atoms with E-state index in [0.717, 1.165) is 0 Å². The molecule has 0 saturated carbocycles. The van der Waals surface area contributed by atoms with Crippen LogP contribution in [0.4, 0.5) is 0 Å². The van der Waals surface area contributed by atoms with Crippen LogP contribution in [-0.2, 0) is 4.79 Å². The first-order valence-electron chi connectivity index (χ1n) is 2.59. The number of rotatable bonds is 1. The van der Waals surface area contributed by atoms with E-state index < -0.39 is 12.1 Å². The van der Waals surface area contributed by atoms with E-state index in [0.29, 0.717) is 0 Å². The van der Waals surface area contributed by atoms with Crippen LogP contribution in [-0.4, -0.2) is 28.1 Å². The van der Waals surface area contributed by atoms with Crippen LogP contribution in [0.3, 0.4) is 0 Å². The molecule has 0 fully saturated rings. The number of nitrogens with two attached hydrogens (primary N) is 1. The zero-order chi connectivity index (χ0) is 8.73. The van der Waals surface area contributed by atoms with Gasteiger partial charge in [0.2, 0.25) is 0 Å². The predicted octanol–water partition coefficient (Wildman–Crippen LogP) is -0.606. The molecule has 10 heavy (non-hydrogen) atoms. The Hall–Kier alpha value is -1.10. The van der Waals surface area contributed by atoms with Gasteiger partial charge < -0.3 is 15.9 Å². The van der Waals surface area contributed by atoms with Gasteiger partial charge in [-0.05, 0) is 13.8 Å². The molecule has 60 valence electrons. The van der Waals surface area contributed by atoms with Crippen molar-refractivity contribution < 1.29 is 15.0 Å². The minimum atomic E-state index is -1.23. The van der Waals surface area contributed by atoms with Crippen LogP contribution >= 0.6 is 0 Å². The zero-order valence-electron chi connectivity index (χ0n) is 5.96. The van der Waals surface area contributed by atoms with Crippen molar-refractivity contribution in [2.24, 2.45) is 5.73 Å². The molecule has 1 unspecified atom stereocenters. The molecule has 0 bridgehead atoms. The summed E-state index contributed by atoms with van der Waals surface area (Å²) in [5, 5.41) is 22.0. The maximum Gasteiger partial charge on any atom is 0.332 e. The molecule has 1 atom stereocenters. The van der Waals surface area contributed by atoms with E-state index in [4.69, 9.17) is 21.4 Å². The Morgan fingerprint density at radius 1 is 1.70 bits per heavy atom. The second kappa shape index (κ2) is 6.03. The smallest absolute Gasteiger partial charge is 0.332 e. The lowest BCUT2D eigenvalue weighted by molar-refractivity contribution is -0.145. The van der Waals surface area contributed by atoms with Gasteiger partial charge in [0.15, 0.2) is 0 Å². The number of carboxylic acid groups (broad SMARTS) is 1. The Kier molecular flexibility index (Phi) is 7.03. The lowest BCUT2D eigenvalue weighted by Crippen LogP contribution is -2.13. The van der Waals surface area contributed by atoms with Gasteiger partial charge in [-0.2, -0.15) is 0 Å². The van der Waals surface area contributed by atoms with E-state index in [1.54, 1.807) is 0 Å². The maximum absolute atomic E-state index is 9.45. The highest BCUT2D eigenvalue weighted by molar-refractivity contribution is 5.73. The predicted molar refractivity (Wildman–Crippen MR) is 36.9 cm³/mol. The third kappa shape index (κ3) is 28.6. The molecule has 0 aliphatic carbocycles. The van der Waals surface area contributed by atoms with Crippen molar-refractivity contribution in [2.75, 3.05) is 0 Å². The molecule has 0 heterocycles. The fourth-order valence-electron chi connectivity index (χ4n) is 0. The molecule has 0 aromatic carbocycles. The monoisotopic (exact) mass is 148 g/mol. The summed E-state index contributed by atoms with van der Waals surface area (Å²) in [4.78, 5) is 9.45. The first-order valence-corrected chi connectivity index (χ1v) is 2.59. The van der Waals surface area contributed by atoms with E-state index in [1.165, 1.54) is 13.8 Å². The Morgan fingerprint density at radius 2 is 1.80 bits per heavy atom. The summed E-state index contributed by atoms with van der Waals surface area (Å²) in [6.45, 7) is 2.72. The van der Waals surface area contributed by atoms with Gasteiger partial charge in [0, 0.05) is 0 Å². The first-order chi connectivity index (χ1) is 4.37. The standard InChI is InChI=1S/C3H6O3.C2H6N2/c1-2(4)3(5)6;1-2(3)4/h2,4H,1H3,(H,5,6);1H3,(H3,3,4). The van der Waals surface area contributed by atoms with Crippen molar-refractivity contribution >= 4 is 11.8 Å². The topological polar surface area (TPSA) is 107 Å². The molecule has 0 aromatic heterocycles. The average molecular weight is 148 g/mol. The fraction of sp³-hybridized carbons (Fsp3) is 0.600. The summed E-state index contributed by atoms with van der Waals surface area (Å²) in [7, 11) is 0. The minimum absolute atomic E-state index is 0.167. The summed E-state index contributed by atoms with van der Waals surface area (Å²) < 4.78 is 0. The van der Waals surface area contributed by atoms with Crippen LogP contribution in [0.5, 0.6) is 0 Å². The Balaban J connectivity index is 0. The van der Waals surface area contributed by atoms with Crippen molar-refractivity contribution in [1.82, 2.24) is 0 Å². The molecule has 0 aliphatic heterocycles. The molecule has 5 N–H and O–H groups in total. The van der Waals surface area contributed by atoms with Crippen LogP contribution in [0.1, 0.15) is 13.8 Å². The summed E-state index contributed by atoms with van der Waals surface area (Å²) in [5.41, 5.74) is 4.69. The number of nitrogens with one attached hydrogen (secondary N) is 1. The van der Waals surface area contributed by atoms with Crippen molar-refractivity contribution in [3.63, 3.8) is 0 Å². The van der Waals surface area contributed by atoms with Crippen molar-refractivity contribution in [1.29, 1.82) is 5.41 Å². The van der Waals surface area contributed by atoms with Crippen LogP contribution in [0.2, 0.25) is 0 Å². The SMILES string of the molecule is CC(=N)N.CC(O)C(=O)O. The van der Waals surface area contributed by atoms with Gasteiger partial charge in [0.1, 0.15) is 6.10 Å². The zero-order valence-corrected chi connectivity index (χ0v) is 5.96. The molecular weight excluding hydrogens is 136 g/mol. The summed E-state index contributed by atoms with van der Waals surface area (Å²) in [6.07, 6.45) is -1.23. The van der Waals surface area contributed by atoms with Gasteiger partial charge in [-0.3, -0.25) is 5.41 Å². The molecule has 0 aliphatic rings. The van der Waals surface area contributed by atoms with E-state index in [2.05, 4.69) is 0 Å². The average Bonchev–Trinajstić information content (AvgIpc) is 1.63. The largest absolute Gasteiger partial charge is 0.479 e. The van der Waals surface area contributed by atoms with Crippen LogP contribution in [0.25, 0.3) is 0 Å². The molecule has 0 rings (SSSR count). The lowest BCUT2D eigenvalue weighted by atomic mass is 10.4. The third-order valence-electron chi connectivity index (χ3n) is 0.357. The second-order valence-corrected chi connectivity index (χ2v) is 1.70. The Labute approximate surface area is 59.0 Å². The van der Waals surface area contributed by atoms with Gasteiger partial charge in [-0.25, -0.2) is 4.79 Å².